The number of piperidine rings is 1. The molecule has 168 valence electrons. The third-order valence-electron chi connectivity index (χ3n) is 4.37. The van der Waals surface area contributed by atoms with Gasteiger partial charge in [-0.15, -0.1) is 0 Å². The fourth-order valence-corrected chi connectivity index (χ4v) is 3.03. The number of aromatic carboxylic acids is 1. The number of carbonyl (C=O) groups is 3. The average molecular weight is 424 g/mol. The fourth-order valence-electron chi connectivity index (χ4n) is 3.03. The Balaban J connectivity index is 0.000000375. The third kappa shape index (κ3) is 8.36. The second-order valence-corrected chi connectivity index (χ2v) is 8.50. The number of carbonyl (C=O) groups excluding carboxylic acids is 2. The second-order valence-electron chi connectivity index (χ2n) is 8.50. The van der Waals surface area contributed by atoms with Crippen LogP contribution in [0.3, 0.4) is 0 Å². The van der Waals surface area contributed by atoms with Gasteiger partial charge in [0.1, 0.15) is 5.60 Å². The van der Waals surface area contributed by atoms with Crippen molar-refractivity contribution >= 4 is 18.0 Å². The number of hydrogen-bond donors (Lipinski definition) is 1. The molecule has 1 aliphatic heterocycles. The Bertz CT molecular complexity index is 747. The minimum Gasteiger partial charge on any atom is -0.478 e. The zero-order valence-electron chi connectivity index (χ0n) is 18.8. The summed E-state index contributed by atoms with van der Waals surface area (Å²) in [7, 11) is 3.04. The molecule has 0 saturated carbocycles. The van der Waals surface area contributed by atoms with Crippen molar-refractivity contribution in [3.8, 4) is 0 Å². The molecule has 1 N–H and O–H groups in total. The maximum atomic E-state index is 12.2. The zero-order valence-corrected chi connectivity index (χ0v) is 18.8. The maximum absolute atomic E-state index is 12.2. The molecule has 9 heteroatoms. The highest BCUT2D eigenvalue weighted by atomic mass is 16.7. The summed E-state index contributed by atoms with van der Waals surface area (Å²) in [5, 5.41) is 9.69. The third-order valence-corrected chi connectivity index (χ3v) is 4.37. The van der Waals surface area contributed by atoms with E-state index in [0.717, 1.165) is 12.0 Å². The molecule has 1 fully saturated rings. The largest absolute Gasteiger partial charge is 0.478 e. The van der Waals surface area contributed by atoms with E-state index < -0.39 is 11.6 Å². The Kier molecular flexibility index (Phi) is 9.22. The first-order valence-corrected chi connectivity index (χ1v) is 9.78. The van der Waals surface area contributed by atoms with Gasteiger partial charge in [0.15, 0.2) is 0 Å². The first-order valence-electron chi connectivity index (χ1n) is 9.78. The van der Waals surface area contributed by atoms with Crippen LogP contribution in [0.15, 0.2) is 18.5 Å². The van der Waals surface area contributed by atoms with Crippen molar-refractivity contribution in [3.05, 3.63) is 29.6 Å². The minimum atomic E-state index is -0.934. The number of amides is 2. The Morgan fingerprint density at radius 1 is 1.23 bits per heavy atom. The molecular formula is C21H33N3O6. The molecule has 1 aliphatic rings. The summed E-state index contributed by atoms with van der Waals surface area (Å²) in [6, 6.07) is 1.58. The average Bonchev–Trinajstić information content (AvgIpc) is 2.65. The smallest absolute Gasteiger partial charge is 0.410 e. The van der Waals surface area contributed by atoms with Crippen LogP contribution < -0.4 is 0 Å². The number of hydroxylamine groups is 2. The summed E-state index contributed by atoms with van der Waals surface area (Å²) in [4.78, 5) is 44.8. The molecule has 1 aromatic rings. The number of ether oxygens (including phenoxy) is 1. The van der Waals surface area contributed by atoms with Gasteiger partial charge in [-0.1, -0.05) is 6.92 Å². The van der Waals surface area contributed by atoms with Crippen LogP contribution in [-0.4, -0.2) is 70.9 Å². The number of aromatic nitrogens is 1. The van der Waals surface area contributed by atoms with Crippen molar-refractivity contribution in [1.29, 1.82) is 0 Å². The lowest BCUT2D eigenvalue weighted by Crippen LogP contribution is -2.49. The number of likely N-dealkylation sites (tertiary alicyclic amines) is 1. The van der Waals surface area contributed by atoms with E-state index in [0.29, 0.717) is 13.1 Å². The van der Waals surface area contributed by atoms with Crippen LogP contribution in [0.5, 0.6) is 0 Å². The monoisotopic (exact) mass is 423 g/mol. The van der Waals surface area contributed by atoms with Crippen LogP contribution in [-0.2, 0) is 14.4 Å². The summed E-state index contributed by atoms with van der Waals surface area (Å²) < 4.78 is 5.37. The standard InChI is InChI=1S/C14H26N2O4.C7H7NO2/c1-10-7-11(12(17)15(5)19-6)9-16(8-10)13(18)20-14(2,3)4;1-5-2-6(7(9)10)4-8-3-5/h10-11H,7-9H2,1-6H3;2-4H,1H3,(H,9,10). The van der Waals surface area contributed by atoms with E-state index in [9.17, 15) is 14.4 Å². The molecular weight excluding hydrogens is 390 g/mol. The van der Waals surface area contributed by atoms with E-state index in [1.54, 1.807) is 31.1 Å². The lowest BCUT2D eigenvalue weighted by molar-refractivity contribution is -0.175. The van der Waals surface area contributed by atoms with E-state index in [4.69, 9.17) is 14.7 Å². The summed E-state index contributed by atoms with van der Waals surface area (Å²) in [5.41, 5.74) is 0.570. The van der Waals surface area contributed by atoms with E-state index in [2.05, 4.69) is 4.98 Å². The normalized spacial score (nSPS) is 18.7. The van der Waals surface area contributed by atoms with Crippen molar-refractivity contribution < 1.29 is 29.1 Å². The maximum Gasteiger partial charge on any atom is 0.410 e. The highest BCUT2D eigenvalue weighted by molar-refractivity contribution is 5.87. The van der Waals surface area contributed by atoms with Crippen LogP contribution in [0.25, 0.3) is 0 Å². The van der Waals surface area contributed by atoms with Crippen LogP contribution >= 0.6 is 0 Å². The fraction of sp³-hybridized carbons (Fsp3) is 0.619. The van der Waals surface area contributed by atoms with Gasteiger partial charge in [-0.3, -0.25) is 14.6 Å². The number of hydrogen-bond acceptors (Lipinski definition) is 6. The van der Waals surface area contributed by atoms with Crippen molar-refractivity contribution in [3.63, 3.8) is 0 Å². The Morgan fingerprint density at radius 3 is 2.33 bits per heavy atom. The van der Waals surface area contributed by atoms with E-state index >= 15 is 0 Å². The highest BCUT2D eigenvalue weighted by Crippen LogP contribution is 2.24. The molecule has 1 saturated heterocycles. The summed E-state index contributed by atoms with van der Waals surface area (Å²) in [6.07, 6.45) is 3.34. The molecule has 1 aromatic heterocycles. The van der Waals surface area contributed by atoms with Gasteiger partial charge in [0.05, 0.1) is 18.6 Å². The number of nitrogens with zero attached hydrogens (tertiary/aromatic N) is 3. The molecule has 0 aliphatic carbocycles. The molecule has 0 radical (unpaired) electrons. The molecule has 0 spiro atoms. The molecule has 2 unspecified atom stereocenters. The predicted molar refractivity (Wildman–Crippen MR) is 111 cm³/mol. The molecule has 2 rings (SSSR count). The van der Waals surface area contributed by atoms with Gasteiger partial charge < -0.3 is 14.7 Å². The molecule has 30 heavy (non-hydrogen) atoms. The van der Waals surface area contributed by atoms with Gasteiger partial charge in [-0.2, -0.15) is 0 Å². The van der Waals surface area contributed by atoms with Crippen molar-refractivity contribution in [2.45, 2.75) is 46.6 Å². The Labute approximate surface area is 177 Å². The van der Waals surface area contributed by atoms with Crippen LogP contribution in [0.4, 0.5) is 4.79 Å². The van der Waals surface area contributed by atoms with E-state index in [1.165, 1.54) is 18.4 Å². The van der Waals surface area contributed by atoms with Crippen molar-refractivity contribution in [2.24, 2.45) is 11.8 Å². The summed E-state index contributed by atoms with van der Waals surface area (Å²) in [6.45, 7) is 10.3. The SMILES string of the molecule is CON(C)C(=O)C1CC(C)CN(C(=O)OC(C)(C)C)C1.Cc1cncc(C(=O)O)c1. The summed E-state index contributed by atoms with van der Waals surface area (Å²) in [5.74, 6) is -1.02. The van der Waals surface area contributed by atoms with Gasteiger partial charge in [0, 0.05) is 32.5 Å². The molecule has 0 aromatic carbocycles. The van der Waals surface area contributed by atoms with Gasteiger partial charge in [0.2, 0.25) is 0 Å². The van der Waals surface area contributed by atoms with Gasteiger partial charge >= 0.3 is 12.1 Å². The predicted octanol–water partition coefficient (Wildman–Crippen LogP) is 2.99. The van der Waals surface area contributed by atoms with Crippen LogP contribution in [0.1, 0.15) is 50.0 Å². The lowest BCUT2D eigenvalue weighted by Gasteiger charge is -2.37. The minimum absolute atomic E-state index is 0.104. The molecule has 9 nitrogen and oxygen atoms in total. The molecule has 2 heterocycles. The van der Waals surface area contributed by atoms with Gasteiger partial charge in [0.25, 0.3) is 5.91 Å². The molecule has 2 amide bonds. The zero-order chi connectivity index (χ0) is 23.1. The molecule has 0 bridgehead atoms. The highest BCUT2D eigenvalue weighted by Gasteiger charge is 2.35. The number of rotatable bonds is 3. The van der Waals surface area contributed by atoms with E-state index in [1.807, 2.05) is 27.7 Å². The first kappa shape index (κ1) is 25.4. The Morgan fingerprint density at radius 2 is 1.87 bits per heavy atom. The Hall–Kier alpha value is -2.68. The first-order chi connectivity index (χ1) is 13.8. The second kappa shape index (κ2) is 10.9. The van der Waals surface area contributed by atoms with E-state index in [-0.39, 0.29) is 29.4 Å². The topological polar surface area (TPSA) is 109 Å². The number of carboxylic acids is 1. The lowest BCUT2D eigenvalue weighted by atomic mass is 9.90. The molecule has 2 atom stereocenters. The van der Waals surface area contributed by atoms with Crippen molar-refractivity contribution in [2.75, 3.05) is 27.2 Å². The number of aryl methyl sites for hydroxylation is 1. The number of pyridine rings is 1. The summed E-state index contributed by atoms with van der Waals surface area (Å²) >= 11 is 0. The van der Waals surface area contributed by atoms with Crippen LogP contribution in [0.2, 0.25) is 0 Å². The van der Waals surface area contributed by atoms with Crippen LogP contribution in [0, 0.1) is 18.8 Å². The quantitative estimate of drug-likeness (QED) is 0.744. The van der Waals surface area contributed by atoms with Crippen molar-refractivity contribution in [1.82, 2.24) is 14.9 Å². The van der Waals surface area contributed by atoms with Gasteiger partial charge in [-0.25, -0.2) is 14.7 Å². The van der Waals surface area contributed by atoms with Gasteiger partial charge in [-0.05, 0) is 51.7 Å². The number of carboxylic acid groups (broad SMARTS) is 1.